The molecule has 7 nitrogen and oxygen atoms in total. The Morgan fingerprint density at radius 1 is 1.35 bits per heavy atom. The predicted molar refractivity (Wildman–Crippen MR) is 84.8 cm³/mol. The molecule has 0 fully saturated rings. The van der Waals surface area contributed by atoms with Crippen molar-refractivity contribution in [3.05, 3.63) is 52.5 Å². The molecule has 118 valence electrons. The average molecular weight is 313 g/mol. The van der Waals surface area contributed by atoms with Gasteiger partial charge in [-0.15, -0.1) is 0 Å². The van der Waals surface area contributed by atoms with Crippen molar-refractivity contribution in [2.75, 3.05) is 11.9 Å². The van der Waals surface area contributed by atoms with E-state index in [2.05, 4.69) is 10.4 Å². The lowest BCUT2D eigenvalue weighted by atomic mass is 10.1. The van der Waals surface area contributed by atoms with Gasteiger partial charge in [-0.05, 0) is 19.1 Å². The van der Waals surface area contributed by atoms with Gasteiger partial charge in [0.15, 0.2) is 5.82 Å². The van der Waals surface area contributed by atoms with E-state index in [-0.39, 0.29) is 5.56 Å². The minimum Gasteiger partial charge on any atom is -0.494 e. The topological polar surface area (TPSA) is 86.4 Å². The quantitative estimate of drug-likeness (QED) is 0.746. The number of benzene rings is 1. The second kappa shape index (κ2) is 5.96. The van der Waals surface area contributed by atoms with E-state index in [1.807, 2.05) is 6.92 Å². The molecule has 1 amide bonds. The van der Waals surface area contributed by atoms with Crippen molar-refractivity contribution in [2.24, 2.45) is 7.05 Å². The lowest BCUT2D eigenvalue weighted by Gasteiger charge is -2.07. The van der Waals surface area contributed by atoms with E-state index in [0.717, 1.165) is 0 Å². The Morgan fingerprint density at radius 2 is 2.17 bits per heavy atom. The molecule has 0 radical (unpaired) electrons. The smallest absolute Gasteiger partial charge is 0.337 e. The number of fused-ring (bicyclic) bond motifs is 1. The summed E-state index contributed by atoms with van der Waals surface area (Å²) in [6.07, 6.45) is 1.71. The van der Waals surface area contributed by atoms with Crippen molar-refractivity contribution in [3.8, 4) is 5.75 Å². The highest BCUT2D eigenvalue weighted by atomic mass is 16.5. The number of hydrogen-bond donors (Lipinski definition) is 1. The fraction of sp³-hybridized carbons (Fsp3) is 0.188. The van der Waals surface area contributed by atoms with E-state index in [4.69, 9.17) is 9.15 Å². The molecule has 23 heavy (non-hydrogen) atoms. The summed E-state index contributed by atoms with van der Waals surface area (Å²) in [6.45, 7) is 2.35. The number of aryl methyl sites for hydroxylation is 1. The van der Waals surface area contributed by atoms with Crippen LogP contribution in [-0.4, -0.2) is 22.3 Å². The third-order valence-electron chi connectivity index (χ3n) is 3.23. The lowest BCUT2D eigenvalue weighted by Crippen LogP contribution is -2.15. The summed E-state index contributed by atoms with van der Waals surface area (Å²) in [5.41, 5.74) is -0.0723. The molecule has 0 aliphatic carbocycles. The molecular formula is C16H15N3O4. The molecule has 0 saturated carbocycles. The molecule has 7 heteroatoms. The molecule has 0 atom stereocenters. The highest BCUT2D eigenvalue weighted by Gasteiger charge is 2.15. The molecule has 2 aromatic heterocycles. The van der Waals surface area contributed by atoms with Gasteiger partial charge < -0.3 is 14.5 Å². The Bertz CT molecular complexity index is 926. The molecule has 1 aromatic carbocycles. The number of nitrogens with one attached hydrogen (secondary N) is 1. The third kappa shape index (κ3) is 3.08. The fourth-order valence-electron chi connectivity index (χ4n) is 2.25. The predicted octanol–water partition coefficient (Wildman–Crippen LogP) is 2.18. The van der Waals surface area contributed by atoms with Gasteiger partial charge in [-0.3, -0.25) is 9.48 Å². The molecule has 1 N–H and O–H groups in total. The van der Waals surface area contributed by atoms with Gasteiger partial charge in [0.2, 0.25) is 0 Å². The fourth-order valence-corrected chi connectivity index (χ4v) is 2.25. The Kier molecular flexibility index (Phi) is 3.84. The van der Waals surface area contributed by atoms with E-state index in [1.165, 1.54) is 6.07 Å². The van der Waals surface area contributed by atoms with Gasteiger partial charge in [0.25, 0.3) is 5.91 Å². The zero-order chi connectivity index (χ0) is 16.4. The van der Waals surface area contributed by atoms with Gasteiger partial charge in [0, 0.05) is 36.8 Å². The van der Waals surface area contributed by atoms with Crippen molar-refractivity contribution < 1.29 is 13.9 Å². The van der Waals surface area contributed by atoms with Crippen LogP contribution < -0.4 is 15.7 Å². The number of carbonyl (C=O) groups excluding carboxylic acids is 1. The number of carbonyl (C=O) groups is 1. The molecule has 0 unspecified atom stereocenters. The van der Waals surface area contributed by atoms with Crippen LogP contribution in [0.4, 0.5) is 5.82 Å². The van der Waals surface area contributed by atoms with Crippen LogP contribution >= 0.6 is 0 Å². The first-order valence-corrected chi connectivity index (χ1v) is 7.08. The number of nitrogens with zero attached hydrogens (tertiary/aromatic N) is 2. The summed E-state index contributed by atoms with van der Waals surface area (Å²) >= 11 is 0. The van der Waals surface area contributed by atoms with Crippen LogP contribution in [0.2, 0.25) is 0 Å². The second-order valence-corrected chi connectivity index (χ2v) is 4.90. The first-order chi connectivity index (χ1) is 11.1. The SMILES string of the molecule is CCOc1ccc2c(C(=O)Nc3ccn(C)n3)cc(=O)oc2c1. The van der Waals surface area contributed by atoms with Crippen molar-refractivity contribution in [2.45, 2.75) is 6.92 Å². The van der Waals surface area contributed by atoms with Gasteiger partial charge >= 0.3 is 5.63 Å². The van der Waals surface area contributed by atoms with Gasteiger partial charge in [-0.2, -0.15) is 5.10 Å². The third-order valence-corrected chi connectivity index (χ3v) is 3.23. The standard InChI is InChI=1S/C16H15N3O4/c1-3-22-10-4-5-11-12(9-15(20)23-13(11)8-10)16(21)17-14-6-7-19(2)18-14/h4-9H,3H2,1-2H3,(H,17,18,21). The molecule has 0 aliphatic heterocycles. The molecule has 0 saturated heterocycles. The monoisotopic (exact) mass is 313 g/mol. The first-order valence-electron chi connectivity index (χ1n) is 7.08. The second-order valence-electron chi connectivity index (χ2n) is 4.90. The zero-order valence-corrected chi connectivity index (χ0v) is 12.7. The highest BCUT2D eigenvalue weighted by molar-refractivity contribution is 6.11. The zero-order valence-electron chi connectivity index (χ0n) is 12.7. The average Bonchev–Trinajstić information content (AvgIpc) is 2.91. The van der Waals surface area contributed by atoms with Gasteiger partial charge in [0.05, 0.1) is 12.2 Å². The van der Waals surface area contributed by atoms with Gasteiger partial charge in [-0.1, -0.05) is 0 Å². The van der Waals surface area contributed by atoms with Crippen LogP contribution in [0.5, 0.6) is 5.75 Å². The van der Waals surface area contributed by atoms with E-state index in [9.17, 15) is 9.59 Å². The summed E-state index contributed by atoms with van der Waals surface area (Å²) < 4.78 is 12.1. The maximum Gasteiger partial charge on any atom is 0.337 e. The summed E-state index contributed by atoms with van der Waals surface area (Å²) in [5, 5.41) is 7.26. The van der Waals surface area contributed by atoms with E-state index < -0.39 is 11.5 Å². The number of aromatic nitrogens is 2. The van der Waals surface area contributed by atoms with Crippen LogP contribution in [0.15, 0.2) is 45.7 Å². The van der Waals surface area contributed by atoms with Gasteiger partial charge in [0.1, 0.15) is 11.3 Å². The number of rotatable bonds is 4. The van der Waals surface area contributed by atoms with E-state index in [1.54, 1.807) is 42.2 Å². The molecule has 2 heterocycles. The molecule has 0 bridgehead atoms. The van der Waals surface area contributed by atoms with Crippen LogP contribution in [0.3, 0.4) is 0 Å². The van der Waals surface area contributed by atoms with E-state index >= 15 is 0 Å². The molecular weight excluding hydrogens is 298 g/mol. The Hall–Kier alpha value is -3.09. The number of amides is 1. The lowest BCUT2D eigenvalue weighted by molar-refractivity contribution is 0.102. The van der Waals surface area contributed by atoms with Crippen molar-refractivity contribution in [3.63, 3.8) is 0 Å². The number of hydrogen-bond acceptors (Lipinski definition) is 5. The van der Waals surface area contributed by atoms with Crippen LogP contribution in [0.25, 0.3) is 11.0 Å². The summed E-state index contributed by atoms with van der Waals surface area (Å²) in [5.74, 6) is 0.557. The van der Waals surface area contributed by atoms with Crippen molar-refractivity contribution >= 4 is 22.7 Å². The van der Waals surface area contributed by atoms with Crippen LogP contribution in [0, 0.1) is 0 Å². The minimum absolute atomic E-state index is 0.227. The summed E-state index contributed by atoms with van der Waals surface area (Å²) in [4.78, 5) is 24.2. The normalized spacial score (nSPS) is 10.7. The highest BCUT2D eigenvalue weighted by Crippen LogP contribution is 2.23. The summed E-state index contributed by atoms with van der Waals surface area (Å²) in [6, 6.07) is 7.84. The molecule has 3 aromatic rings. The maximum absolute atomic E-state index is 12.4. The number of ether oxygens (including phenoxy) is 1. The molecule has 3 rings (SSSR count). The molecule has 0 aliphatic rings. The van der Waals surface area contributed by atoms with Crippen molar-refractivity contribution in [1.82, 2.24) is 9.78 Å². The Balaban J connectivity index is 2.02. The molecule has 0 spiro atoms. The van der Waals surface area contributed by atoms with Crippen LogP contribution in [-0.2, 0) is 7.05 Å². The van der Waals surface area contributed by atoms with Gasteiger partial charge in [-0.25, -0.2) is 4.79 Å². The maximum atomic E-state index is 12.4. The van der Waals surface area contributed by atoms with Crippen LogP contribution in [0.1, 0.15) is 17.3 Å². The number of anilines is 1. The Morgan fingerprint density at radius 3 is 2.87 bits per heavy atom. The van der Waals surface area contributed by atoms with E-state index in [0.29, 0.717) is 29.1 Å². The largest absolute Gasteiger partial charge is 0.494 e. The minimum atomic E-state index is -0.600. The summed E-state index contributed by atoms with van der Waals surface area (Å²) in [7, 11) is 1.75. The first kappa shape index (κ1) is 14.8. The Labute approximate surface area is 131 Å². The van der Waals surface area contributed by atoms with Crippen molar-refractivity contribution in [1.29, 1.82) is 0 Å².